The molecule has 4 nitrogen and oxygen atoms in total. The van der Waals surface area contributed by atoms with Crippen molar-refractivity contribution in [1.82, 2.24) is 4.98 Å². The highest BCUT2D eigenvalue weighted by Crippen LogP contribution is 2.13. The van der Waals surface area contributed by atoms with Crippen molar-refractivity contribution in [3.8, 4) is 0 Å². The van der Waals surface area contributed by atoms with Crippen LogP contribution in [0.2, 0.25) is 0 Å². The van der Waals surface area contributed by atoms with Gasteiger partial charge < -0.3 is 10.1 Å². The molecule has 0 aliphatic rings. The molecule has 1 heterocycles. The first-order valence-corrected chi connectivity index (χ1v) is 4.33. The number of carbonyl (C=O) groups excluding carboxylic acids is 1. The minimum Gasteiger partial charge on any atom is -0.468 e. The Hall–Kier alpha value is -1.10. The molecule has 1 aromatic rings. The highest BCUT2D eigenvalue weighted by molar-refractivity contribution is 7.13. The van der Waals surface area contributed by atoms with Crippen LogP contribution in [0.4, 0.5) is 5.13 Å². The number of nitrogens with one attached hydrogen (secondary N) is 1. The molecular formula is C7H10N2O2S. The lowest BCUT2D eigenvalue weighted by Crippen LogP contribution is -2.14. The molecule has 0 aliphatic heterocycles. The van der Waals surface area contributed by atoms with E-state index < -0.39 is 0 Å². The van der Waals surface area contributed by atoms with Crippen LogP contribution in [0, 0.1) is 6.92 Å². The van der Waals surface area contributed by atoms with Crippen molar-refractivity contribution in [2.75, 3.05) is 19.0 Å². The Kier molecular flexibility index (Phi) is 3.04. The zero-order chi connectivity index (χ0) is 8.97. The predicted molar refractivity (Wildman–Crippen MR) is 47.4 cm³/mol. The van der Waals surface area contributed by atoms with Crippen LogP contribution in [-0.2, 0) is 9.53 Å². The molecule has 0 atom stereocenters. The van der Waals surface area contributed by atoms with Gasteiger partial charge in [-0.15, -0.1) is 11.3 Å². The number of rotatable bonds is 3. The van der Waals surface area contributed by atoms with E-state index in [0.29, 0.717) is 0 Å². The smallest absolute Gasteiger partial charge is 0.325 e. The number of hydrogen-bond donors (Lipinski definition) is 1. The average molecular weight is 186 g/mol. The minimum atomic E-state index is -0.289. The lowest BCUT2D eigenvalue weighted by atomic mass is 10.6. The first-order chi connectivity index (χ1) is 5.72. The zero-order valence-electron chi connectivity index (χ0n) is 6.96. The quantitative estimate of drug-likeness (QED) is 0.716. The van der Waals surface area contributed by atoms with E-state index in [2.05, 4.69) is 15.0 Å². The van der Waals surface area contributed by atoms with Crippen LogP contribution in [0.25, 0.3) is 0 Å². The Morgan fingerprint density at radius 1 is 1.83 bits per heavy atom. The molecule has 5 heteroatoms. The fraction of sp³-hybridized carbons (Fsp3) is 0.429. The van der Waals surface area contributed by atoms with Gasteiger partial charge in [-0.1, -0.05) is 0 Å². The summed E-state index contributed by atoms with van der Waals surface area (Å²) < 4.78 is 4.45. The fourth-order valence-corrected chi connectivity index (χ4v) is 1.34. The Balaban J connectivity index is 2.38. The fourth-order valence-electron chi connectivity index (χ4n) is 0.655. The molecule has 0 saturated heterocycles. The summed E-state index contributed by atoms with van der Waals surface area (Å²) in [5.74, 6) is -0.289. The van der Waals surface area contributed by atoms with Gasteiger partial charge in [0.25, 0.3) is 0 Å². The minimum absolute atomic E-state index is 0.170. The molecule has 0 fully saturated rings. The van der Waals surface area contributed by atoms with E-state index in [1.165, 1.54) is 18.4 Å². The molecule has 0 amide bonds. The van der Waals surface area contributed by atoms with Gasteiger partial charge in [0.05, 0.1) is 12.8 Å². The molecule has 1 aromatic heterocycles. The molecule has 0 saturated carbocycles. The Bertz CT molecular complexity index is 272. The van der Waals surface area contributed by atoms with E-state index >= 15 is 0 Å². The van der Waals surface area contributed by atoms with Gasteiger partial charge in [0.15, 0.2) is 5.13 Å². The average Bonchev–Trinajstić information content (AvgIpc) is 2.47. The third-order valence-electron chi connectivity index (χ3n) is 1.23. The maximum absolute atomic E-state index is 10.7. The lowest BCUT2D eigenvalue weighted by molar-refractivity contribution is -0.138. The van der Waals surface area contributed by atoms with Gasteiger partial charge in [-0.2, -0.15) is 0 Å². The number of aromatic nitrogens is 1. The summed E-state index contributed by atoms with van der Waals surface area (Å²) in [5, 5.41) is 5.51. The maximum atomic E-state index is 10.7. The van der Waals surface area contributed by atoms with Crippen molar-refractivity contribution in [3.05, 3.63) is 11.1 Å². The topological polar surface area (TPSA) is 51.2 Å². The van der Waals surface area contributed by atoms with Gasteiger partial charge in [0.2, 0.25) is 0 Å². The number of hydrogen-bond acceptors (Lipinski definition) is 5. The predicted octanol–water partition coefficient (Wildman–Crippen LogP) is 1.04. The van der Waals surface area contributed by atoms with E-state index in [1.807, 2.05) is 12.3 Å². The molecule has 0 spiro atoms. The highest BCUT2D eigenvalue weighted by atomic mass is 32.1. The SMILES string of the molecule is COC(=O)CNc1nc(C)cs1. The monoisotopic (exact) mass is 186 g/mol. The standard InChI is InChI=1S/C7H10N2O2S/c1-5-4-12-7(9-5)8-3-6(10)11-2/h4H,3H2,1-2H3,(H,8,9). The molecule has 66 valence electrons. The third kappa shape index (κ3) is 2.50. The zero-order valence-corrected chi connectivity index (χ0v) is 7.77. The largest absolute Gasteiger partial charge is 0.468 e. The van der Waals surface area contributed by atoms with Gasteiger partial charge in [0.1, 0.15) is 6.54 Å². The van der Waals surface area contributed by atoms with Crippen molar-refractivity contribution >= 4 is 22.4 Å². The summed E-state index contributed by atoms with van der Waals surface area (Å²) in [7, 11) is 1.36. The number of thiazole rings is 1. The number of anilines is 1. The summed E-state index contributed by atoms with van der Waals surface area (Å²) in [6.45, 7) is 2.07. The van der Waals surface area contributed by atoms with Crippen molar-refractivity contribution < 1.29 is 9.53 Å². The molecule has 12 heavy (non-hydrogen) atoms. The van der Waals surface area contributed by atoms with Gasteiger partial charge in [0, 0.05) is 5.38 Å². The van der Waals surface area contributed by atoms with Gasteiger partial charge >= 0.3 is 5.97 Å². The lowest BCUT2D eigenvalue weighted by Gasteiger charge is -1.98. The first kappa shape index (κ1) is 8.99. The molecule has 0 bridgehead atoms. The summed E-state index contributed by atoms with van der Waals surface area (Å²) in [6.07, 6.45) is 0. The number of methoxy groups -OCH3 is 1. The van der Waals surface area contributed by atoms with E-state index in [4.69, 9.17) is 0 Å². The molecule has 0 unspecified atom stereocenters. The van der Waals surface area contributed by atoms with Crippen LogP contribution in [0.1, 0.15) is 5.69 Å². The van der Waals surface area contributed by atoms with Crippen molar-refractivity contribution in [2.24, 2.45) is 0 Å². The summed E-state index contributed by atoms with van der Waals surface area (Å²) >= 11 is 1.47. The Labute approximate surface area is 74.6 Å². The molecule has 1 rings (SSSR count). The normalized spacial score (nSPS) is 9.50. The Morgan fingerprint density at radius 2 is 2.58 bits per heavy atom. The second-order valence-electron chi connectivity index (χ2n) is 2.22. The summed E-state index contributed by atoms with van der Waals surface area (Å²) in [4.78, 5) is 14.8. The van der Waals surface area contributed by atoms with Crippen LogP contribution in [0.15, 0.2) is 5.38 Å². The molecule has 1 N–H and O–H groups in total. The molecular weight excluding hydrogens is 176 g/mol. The van der Waals surface area contributed by atoms with Crippen molar-refractivity contribution in [2.45, 2.75) is 6.92 Å². The van der Waals surface area contributed by atoms with Crippen LogP contribution in [0.3, 0.4) is 0 Å². The van der Waals surface area contributed by atoms with Crippen LogP contribution >= 0.6 is 11.3 Å². The number of carbonyl (C=O) groups is 1. The number of ether oxygens (including phenoxy) is 1. The van der Waals surface area contributed by atoms with Crippen LogP contribution < -0.4 is 5.32 Å². The molecule has 0 aromatic carbocycles. The third-order valence-corrected chi connectivity index (χ3v) is 2.15. The van der Waals surface area contributed by atoms with Crippen molar-refractivity contribution in [1.29, 1.82) is 0 Å². The molecule has 0 aliphatic carbocycles. The van der Waals surface area contributed by atoms with E-state index in [-0.39, 0.29) is 12.5 Å². The van der Waals surface area contributed by atoms with E-state index in [9.17, 15) is 4.79 Å². The van der Waals surface area contributed by atoms with Gasteiger partial charge in [-0.05, 0) is 6.92 Å². The summed E-state index contributed by atoms with van der Waals surface area (Å²) in [6, 6.07) is 0. The summed E-state index contributed by atoms with van der Waals surface area (Å²) in [5.41, 5.74) is 0.951. The van der Waals surface area contributed by atoms with Gasteiger partial charge in [-0.25, -0.2) is 4.98 Å². The second kappa shape index (κ2) is 4.06. The maximum Gasteiger partial charge on any atom is 0.325 e. The highest BCUT2D eigenvalue weighted by Gasteiger charge is 2.01. The van der Waals surface area contributed by atoms with Crippen LogP contribution in [-0.4, -0.2) is 24.6 Å². The Morgan fingerprint density at radius 3 is 3.08 bits per heavy atom. The van der Waals surface area contributed by atoms with Crippen molar-refractivity contribution in [3.63, 3.8) is 0 Å². The van der Waals surface area contributed by atoms with Gasteiger partial charge in [-0.3, -0.25) is 4.79 Å². The van der Waals surface area contributed by atoms with E-state index in [1.54, 1.807) is 0 Å². The number of aryl methyl sites for hydroxylation is 1. The molecule has 0 radical (unpaired) electrons. The number of esters is 1. The van der Waals surface area contributed by atoms with Crippen LogP contribution in [0.5, 0.6) is 0 Å². The van der Waals surface area contributed by atoms with E-state index in [0.717, 1.165) is 10.8 Å². The number of nitrogens with zero attached hydrogens (tertiary/aromatic N) is 1. The second-order valence-corrected chi connectivity index (χ2v) is 3.08. The first-order valence-electron chi connectivity index (χ1n) is 3.45.